The van der Waals surface area contributed by atoms with Gasteiger partial charge in [0.05, 0.1) is 0 Å². The van der Waals surface area contributed by atoms with E-state index in [0.29, 0.717) is 0 Å². The fraction of sp³-hybridized carbons (Fsp3) is 0.143. The highest BCUT2D eigenvalue weighted by Gasteiger charge is 2.07. The van der Waals surface area contributed by atoms with E-state index in [9.17, 15) is 0 Å². The van der Waals surface area contributed by atoms with Crippen LogP contribution < -0.4 is 5.46 Å². The zero-order valence-electron chi connectivity index (χ0n) is 5.64. The van der Waals surface area contributed by atoms with Crippen LogP contribution in [0.15, 0.2) is 24.3 Å². The van der Waals surface area contributed by atoms with Crippen molar-refractivity contribution in [2.24, 2.45) is 0 Å². The molecule has 0 radical (unpaired) electrons. The van der Waals surface area contributed by atoms with E-state index in [0.717, 1.165) is 5.46 Å². The minimum atomic E-state index is -0.403. The Kier molecular flexibility index (Phi) is 2.64. The molecule has 0 aliphatic carbocycles. The molecule has 1 aromatic carbocycles. The Labute approximate surface area is 71.1 Å². The van der Waals surface area contributed by atoms with Crippen molar-refractivity contribution < 1.29 is 0 Å². The minimum absolute atomic E-state index is 0.403. The predicted molar refractivity (Wildman–Crippen MR) is 48.3 cm³/mol. The third-order valence-electron chi connectivity index (χ3n) is 1.29. The first-order valence-corrected chi connectivity index (χ1v) is 3.92. The van der Waals surface area contributed by atoms with Crippen LogP contribution in [0.4, 0.5) is 0 Å². The van der Waals surface area contributed by atoms with Crippen molar-refractivity contribution in [1.29, 1.82) is 0 Å². The molecule has 1 aromatic rings. The van der Waals surface area contributed by atoms with Crippen molar-refractivity contribution in [1.82, 2.24) is 0 Å². The molecule has 0 N–H and O–H groups in total. The van der Waals surface area contributed by atoms with Gasteiger partial charge >= 0.3 is 5.54 Å². The second kappa shape index (κ2) is 3.31. The summed E-state index contributed by atoms with van der Waals surface area (Å²) in [5, 5.41) is 0. The first-order chi connectivity index (χ1) is 4.70. The summed E-state index contributed by atoms with van der Waals surface area (Å²) < 4.78 is 0. The van der Waals surface area contributed by atoms with Gasteiger partial charge in [0.2, 0.25) is 0 Å². The Morgan fingerprint density at radius 3 is 2.40 bits per heavy atom. The molecular formula is C7H7BCl2. The smallest absolute Gasteiger partial charge is 0.165 e. The molecule has 0 unspecified atom stereocenters. The highest BCUT2D eigenvalue weighted by molar-refractivity contribution is 7.39. The molecule has 0 heterocycles. The summed E-state index contributed by atoms with van der Waals surface area (Å²) >= 11 is 11.3. The van der Waals surface area contributed by atoms with Gasteiger partial charge in [-0.05, 0) is 12.4 Å². The van der Waals surface area contributed by atoms with E-state index in [1.807, 2.05) is 31.2 Å². The van der Waals surface area contributed by atoms with Gasteiger partial charge in [-0.25, -0.2) is 0 Å². The largest absolute Gasteiger partial charge is 0.382 e. The van der Waals surface area contributed by atoms with E-state index in [1.54, 1.807) is 0 Å². The van der Waals surface area contributed by atoms with Crippen LogP contribution >= 0.6 is 22.9 Å². The molecule has 0 nitrogen and oxygen atoms in total. The molecule has 0 amide bonds. The lowest BCUT2D eigenvalue weighted by Crippen LogP contribution is -2.17. The SMILES string of the molecule is Cc1cccc(B(Cl)Cl)c1. The lowest BCUT2D eigenvalue weighted by molar-refractivity contribution is 1.49. The molecule has 0 spiro atoms. The average molecular weight is 173 g/mol. The lowest BCUT2D eigenvalue weighted by Gasteiger charge is -1.97. The molecule has 10 heavy (non-hydrogen) atoms. The molecule has 0 saturated carbocycles. The normalized spacial score (nSPS) is 9.50. The van der Waals surface area contributed by atoms with Crippen molar-refractivity contribution in [3.05, 3.63) is 29.8 Å². The monoisotopic (exact) mass is 172 g/mol. The molecule has 0 aliphatic heterocycles. The van der Waals surface area contributed by atoms with Gasteiger partial charge in [-0.3, -0.25) is 0 Å². The summed E-state index contributed by atoms with van der Waals surface area (Å²) in [6.45, 7) is 2.01. The van der Waals surface area contributed by atoms with Crippen LogP contribution in [0.2, 0.25) is 0 Å². The Bertz CT molecular complexity index is 223. The Morgan fingerprint density at radius 2 is 2.00 bits per heavy atom. The molecule has 0 aliphatic rings. The average Bonchev–Trinajstić information content (AvgIpc) is 1.88. The Hall–Kier alpha value is -0.135. The zero-order valence-corrected chi connectivity index (χ0v) is 7.15. The third kappa shape index (κ3) is 1.93. The Balaban J connectivity index is 2.96. The predicted octanol–water partition coefficient (Wildman–Crippen LogP) is 2.17. The van der Waals surface area contributed by atoms with Gasteiger partial charge < -0.3 is 0 Å². The van der Waals surface area contributed by atoms with Crippen LogP contribution in [0.1, 0.15) is 5.56 Å². The molecule has 52 valence electrons. The molecule has 0 atom stereocenters. The van der Waals surface area contributed by atoms with E-state index >= 15 is 0 Å². The molecule has 0 saturated heterocycles. The molecule has 3 heteroatoms. The van der Waals surface area contributed by atoms with Crippen LogP contribution in [-0.4, -0.2) is 5.54 Å². The maximum atomic E-state index is 5.64. The fourth-order valence-electron chi connectivity index (χ4n) is 0.806. The van der Waals surface area contributed by atoms with Gasteiger partial charge in [-0.2, -0.15) is 22.9 Å². The van der Waals surface area contributed by atoms with E-state index in [4.69, 9.17) is 22.9 Å². The van der Waals surface area contributed by atoms with Crippen molar-refractivity contribution >= 4 is 33.9 Å². The minimum Gasteiger partial charge on any atom is -0.165 e. The topological polar surface area (TPSA) is 0 Å². The van der Waals surface area contributed by atoms with Gasteiger partial charge in [-0.1, -0.05) is 29.8 Å². The molecule has 1 rings (SSSR count). The van der Waals surface area contributed by atoms with Crippen molar-refractivity contribution in [3.8, 4) is 0 Å². The number of halogens is 2. The maximum Gasteiger partial charge on any atom is 0.382 e. The standard InChI is InChI=1S/C7H7BCl2/c1-6-3-2-4-7(5-6)8(9)10/h2-5H,1H3. The molecule has 0 fully saturated rings. The van der Waals surface area contributed by atoms with E-state index < -0.39 is 5.54 Å². The zero-order chi connectivity index (χ0) is 7.56. The summed E-state index contributed by atoms with van der Waals surface area (Å²) in [5.74, 6) is 0. The van der Waals surface area contributed by atoms with Gasteiger partial charge in [-0.15, -0.1) is 0 Å². The van der Waals surface area contributed by atoms with Crippen molar-refractivity contribution in [3.63, 3.8) is 0 Å². The van der Waals surface area contributed by atoms with Gasteiger partial charge in [0.15, 0.2) is 0 Å². The summed E-state index contributed by atoms with van der Waals surface area (Å²) in [6, 6.07) is 7.85. The van der Waals surface area contributed by atoms with Crippen molar-refractivity contribution in [2.45, 2.75) is 6.92 Å². The van der Waals surface area contributed by atoms with Crippen LogP contribution in [0.3, 0.4) is 0 Å². The number of hydrogen-bond acceptors (Lipinski definition) is 0. The summed E-state index contributed by atoms with van der Waals surface area (Å²) in [4.78, 5) is 0. The second-order valence-electron chi connectivity index (χ2n) is 2.21. The first kappa shape index (κ1) is 7.97. The fourth-order valence-corrected chi connectivity index (χ4v) is 1.08. The van der Waals surface area contributed by atoms with Crippen LogP contribution in [0, 0.1) is 6.92 Å². The molecule has 0 aromatic heterocycles. The van der Waals surface area contributed by atoms with Crippen molar-refractivity contribution in [2.75, 3.05) is 0 Å². The summed E-state index contributed by atoms with van der Waals surface area (Å²) in [7, 11) is 0. The maximum absolute atomic E-state index is 5.64. The van der Waals surface area contributed by atoms with Gasteiger partial charge in [0, 0.05) is 0 Å². The first-order valence-electron chi connectivity index (χ1n) is 3.05. The van der Waals surface area contributed by atoms with Gasteiger partial charge in [0.1, 0.15) is 0 Å². The number of benzene rings is 1. The second-order valence-corrected chi connectivity index (χ2v) is 3.31. The van der Waals surface area contributed by atoms with E-state index in [2.05, 4.69) is 0 Å². The molecular weight excluding hydrogens is 166 g/mol. The highest BCUT2D eigenvalue weighted by atomic mass is 35.5. The van der Waals surface area contributed by atoms with Crippen LogP contribution in [0.25, 0.3) is 0 Å². The number of hydrogen-bond donors (Lipinski definition) is 0. The van der Waals surface area contributed by atoms with Gasteiger partial charge in [0.25, 0.3) is 0 Å². The van der Waals surface area contributed by atoms with E-state index in [-0.39, 0.29) is 0 Å². The third-order valence-corrected chi connectivity index (χ3v) is 1.80. The summed E-state index contributed by atoms with van der Waals surface area (Å²) in [6.07, 6.45) is 0. The van der Waals surface area contributed by atoms with E-state index in [1.165, 1.54) is 5.56 Å². The highest BCUT2D eigenvalue weighted by Crippen LogP contribution is 2.00. The quantitative estimate of drug-likeness (QED) is 0.570. The van der Waals surface area contributed by atoms with Crippen LogP contribution in [0.5, 0.6) is 0 Å². The number of rotatable bonds is 1. The summed E-state index contributed by atoms with van der Waals surface area (Å²) in [5.41, 5.74) is 1.74. The lowest BCUT2D eigenvalue weighted by atomic mass is 9.92. The van der Waals surface area contributed by atoms with Crippen LogP contribution in [-0.2, 0) is 0 Å². The molecule has 0 bridgehead atoms. The Morgan fingerprint density at radius 1 is 1.30 bits per heavy atom. The number of aryl methyl sites for hydroxylation is 1.